The van der Waals surface area contributed by atoms with Gasteiger partial charge in [0.15, 0.2) is 0 Å². The van der Waals surface area contributed by atoms with Gasteiger partial charge in [0.2, 0.25) is 0 Å². The Labute approximate surface area is 267 Å². The molecule has 0 saturated heterocycles. The third-order valence-corrected chi connectivity index (χ3v) is 8.88. The Balaban J connectivity index is 1.45. The third-order valence-electron chi connectivity index (χ3n) is 8.88. The number of ether oxygens (including phenoxy) is 5. The van der Waals surface area contributed by atoms with Crippen LogP contribution in [0, 0.1) is 37.0 Å². The zero-order chi connectivity index (χ0) is 31.2. The number of nitrogens with zero attached hydrogens (tertiary/aromatic N) is 1. The molecule has 0 N–H and O–H groups in total. The first-order chi connectivity index (χ1) is 21.6. The van der Waals surface area contributed by atoms with Gasteiger partial charge in [-0.05, 0) is 101 Å². The first kappa shape index (κ1) is 36.2. The van der Waals surface area contributed by atoms with Crippen LogP contribution < -0.4 is 9.47 Å². The lowest BCUT2D eigenvalue weighted by molar-refractivity contribution is 0.0107. The number of carbonyl (C=O) groups excluding carboxylic acids is 1. The van der Waals surface area contributed by atoms with E-state index in [9.17, 15) is 4.79 Å². The van der Waals surface area contributed by atoms with E-state index in [0.29, 0.717) is 67.2 Å². The van der Waals surface area contributed by atoms with E-state index >= 15 is 0 Å². The van der Waals surface area contributed by atoms with E-state index in [1.807, 2.05) is 12.1 Å². The Morgan fingerprint density at radius 3 is 1.84 bits per heavy atom. The van der Waals surface area contributed by atoms with Crippen molar-refractivity contribution in [2.24, 2.45) is 11.8 Å². The minimum Gasteiger partial charge on any atom is -0.493 e. The second kappa shape index (κ2) is 22.2. The summed E-state index contributed by atoms with van der Waals surface area (Å²) in [5.74, 6) is 1.65. The van der Waals surface area contributed by atoms with E-state index < -0.39 is 5.97 Å². The quantitative estimate of drug-likeness (QED) is 0.0956. The van der Waals surface area contributed by atoms with Gasteiger partial charge in [-0.3, -0.25) is 0 Å². The van der Waals surface area contributed by atoms with Crippen LogP contribution in [0.15, 0.2) is 18.2 Å². The number of unbranched alkanes of at least 4 members (excludes halogenated alkanes) is 7. The van der Waals surface area contributed by atoms with Gasteiger partial charge >= 0.3 is 5.97 Å². The zero-order valence-electron chi connectivity index (χ0n) is 27.1. The van der Waals surface area contributed by atoms with Crippen LogP contribution in [0.5, 0.6) is 11.5 Å². The van der Waals surface area contributed by atoms with Crippen LogP contribution in [0.2, 0.25) is 0 Å². The van der Waals surface area contributed by atoms with E-state index in [-0.39, 0.29) is 6.61 Å². The van der Waals surface area contributed by atoms with Crippen LogP contribution in [0.4, 0.5) is 0 Å². The second-order valence-electron chi connectivity index (χ2n) is 12.5. The van der Waals surface area contributed by atoms with Gasteiger partial charge in [-0.1, -0.05) is 52.4 Å². The molecular formula is C37H57NO6. The summed E-state index contributed by atoms with van der Waals surface area (Å²) >= 11 is 0. The largest absolute Gasteiger partial charge is 0.493 e. The van der Waals surface area contributed by atoms with Crippen molar-refractivity contribution in [3.05, 3.63) is 37.6 Å². The van der Waals surface area contributed by atoms with Crippen LogP contribution in [-0.4, -0.2) is 51.2 Å². The highest BCUT2D eigenvalue weighted by atomic mass is 16.5. The first-order valence-corrected chi connectivity index (χ1v) is 17.4. The minimum atomic E-state index is -0.438. The average molecular weight is 612 g/mol. The van der Waals surface area contributed by atoms with Crippen LogP contribution in [0.25, 0.3) is 0 Å². The predicted molar refractivity (Wildman–Crippen MR) is 174 cm³/mol. The molecule has 1 aromatic rings. The summed E-state index contributed by atoms with van der Waals surface area (Å²) in [5, 5.41) is 8.81. The van der Waals surface area contributed by atoms with E-state index in [2.05, 4.69) is 19.9 Å². The molecule has 246 valence electrons. The number of hydrogen-bond donors (Lipinski definition) is 0. The van der Waals surface area contributed by atoms with Crippen molar-refractivity contribution in [1.82, 2.24) is 0 Å². The average Bonchev–Trinajstić information content (AvgIpc) is 3.06. The molecule has 44 heavy (non-hydrogen) atoms. The predicted octanol–water partition coefficient (Wildman–Crippen LogP) is 8.84. The lowest BCUT2D eigenvalue weighted by Gasteiger charge is -2.29. The molecule has 0 aliphatic heterocycles. The molecule has 2 saturated carbocycles. The lowest BCUT2D eigenvalue weighted by atomic mass is 9.88. The molecular weight excluding hydrogens is 554 g/mol. The molecule has 7 nitrogen and oxygen atoms in total. The smallest absolute Gasteiger partial charge is 0.342 e. The van der Waals surface area contributed by atoms with Gasteiger partial charge in [0.25, 0.3) is 0 Å². The van der Waals surface area contributed by atoms with Gasteiger partial charge in [-0.15, -0.1) is 0 Å². The molecule has 2 aliphatic carbocycles. The van der Waals surface area contributed by atoms with Crippen LogP contribution in [0.3, 0.4) is 0 Å². The monoisotopic (exact) mass is 611 g/mol. The first-order valence-electron chi connectivity index (χ1n) is 17.4. The Morgan fingerprint density at radius 2 is 1.30 bits per heavy atom. The van der Waals surface area contributed by atoms with Crippen molar-refractivity contribution >= 4 is 5.97 Å². The number of esters is 1. The Morgan fingerprint density at radius 1 is 0.727 bits per heavy atom. The van der Waals surface area contributed by atoms with E-state index in [1.54, 1.807) is 6.07 Å². The molecule has 0 heterocycles. The number of carbonyl (C=O) groups is 1. The van der Waals surface area contributed by atoms with Crippen molar-refractivity contribution in [2.45, 2.75) is 128 Å². The molecule has 0 aromatic heterocycles. The maximum atomic E-state index is 13.0. The minimum absolute atomic E-state index is 0.206. The van der Waals surface area contributed by atoms with Gasteiger partial charge < -0.3 is 23.7 Å². The Bertz CT molecular complexity index is 946. The summed E-state index contributed by atoms with van der Waals surface area (Å²) in [7, 11) is 0. The summed E-state index contributed by atoms with van der Waals surface area (Å²) < 4.78 is 30.1. The number of hydrogen-bond acceptors (Lipinski definition) is 7. The summed E-state index contributed by atoms with van der Waals surface area (Å²) in [5.41, 5.74) is 0.384. The van der Waals surface area contributed by atoms with Gasteiger partial charge in [0.1, 0.15) is 17.1 Å². The molecule has 0 amide bonds. The highest BCUT2D eigenvalue weighted by Crippen LogP contribution is 2.31. The second-order valence-corrected chi connectivity index (χ2v) is 12.5. The summed E-state index contributed by atoms with van der Waals surface area (Å²) in [6, 6.07) is 7.57. The molecule has 0 atom stereocenters. The maximum Gasteiger partial charge on any atom is 0.342 e. The Kier molecular flexibility index (Phi) is 18.3. The van der Waals surface area contributed by atoms with Crippen LogP contribution >= 0.6 is 0 Å². The van der Waals surface area contributed by atoms with E-state index in [4.69, 9.17) is 28.9 Å². The van der Waals surface area contributed by atoms with Crippen LogP contribution in [0.1, 0.15) is 126 Å². The molecule has 3 rings (SSSR count). The molecule has 1 aromatic carbocycles. The number of rotatable bonds is 22. The van der Waals surface area contributed by atoms with Gasteiger partial charge in [0, 0.05) is 19.6 Å². The summed E-state index contributed by atoms with van der Waals surface area (Å²) in [6.45, 7) is 10.9. The SMILES string of the molecule is [CH2]CCCCCO[C@H]1CC[C@H](COc2ccc(OC[C@H]3CC[C@H](OCCCCC[CH2])CC3)c(C(=O)OCCCC#N)c2)CC1. The van der Waals surface area contributed by atoms with Crippen molar-refractivity contribution < 1.29 is 28.5 Å². The molecule has 0 unspecified atom stereocenters. The Hall–Kier alpha value is -2.30. The van der Waals surface area contributed by atoms with Crippen molar-refractivity contribution in [2.75, 3.05) is 33.0 Å². The molecule has 2 aliphatic rings. The fourth-order valence-electron chi connectivity index (χ4n) is 6.04. The zero-order valence-corrected chi connectivity index (χ0v) is 27.1. The molecule has 0 bridgehead atoms. The van der Waals surface area contributed by atoms with Crippen molar-refractivity contribution in [3.63, 3.8) is 0 Å². The summed E-state index contributed by atoms with van der Waals surface area (Å²) in [4.78, 5) is 13.0. The highest BCUT2D eigenvalue weighted by molar-refractivity contribution is 5.93. The van der Waals surface area contributed by atoms with E-state index in [1.165, 1.54) is 25.7 Å². The molecule has 7 heteroatoms. The fourth-order valence-corrected chi connectivity index (χ4v) is 6.04. The molecule has 2 radical (unpaired) electrons. The number of benzene rings is 1. The normalized spacial score (nSPS) is 21.8. The standard InChI is InChI=1S/C37H57NO6/c1-3-5-7-10-24-40-32-17-13-30(14-18-32)28-43-34-21-22-36(35(27-34)37(39)42-26-12-9-23-38)44-29-31-15-19-33(20-16-31)41-25-11-8-6-4-2/h21-22,27,30-33H,1-20,24-26,28-29H2/t30-,31-,32-,33-. The molecule has 0 spiro atoms. The number of nitriles is 1. The van der Waals surface area contributed by atoms with Gasteiger partial charge in [-0.25, -0.2) is 4.79 Å². The van der Waals surface area contributed by atoms with Crippen LogP contribution in [-0.2, 0) is 14.2 Å². The topological polar surface area (TPSA) is 87.0 Å². The highest BCUT2D eigenvalue weighted by Gasteiger charge is 2.25. The maximum absolute atomic E-state index is 13.0. The van der Waals surface area contributed by atoms with Crippen molar-refractivity contribution in [3.8, 4) is 17.6 Å². The van der Waals surface area contributed by atoms with E-state index in [0.717, 1.165) is 90.3 Å². The van der Waals surface area contributed by atoms with Crippen molar-refractivity contribution in [1.29, 1.82) is 5.26 Å². The fraction of sp³-hybridized carbons (Fsp3) is 0.730. The summed E-state index contributed by atoms with van der Waals surface area (Å²) in [6.07, 6.45) is 19.1. The molecule has 2 fully saturated rings. The third kappa shape index (κ3) is 14.2. The lowest BCUT2D eigenvalue weighted by Crippen LogP contribution is -2.25. The van der Waals surface area contributed by atoms with Gasteiger partial charge in [0.05, 0.1) is 38.1 Å². The van der Waals surface area contributed by atoms with Gasteiger partial charge in [-0.2, -0.15) is 5.26 Å².